The monoisotopic (exact) mass is 255 g/mol. The van der Waals surface area contributed by atoms with Crippen LogP contribution in [0.1, 0.15) is 18.1 Å². The quantitative estimate of drug-likeness (QED) is 0.803. The van der Waals surface area contributed by atoms with E-state index in [0.717, 1.165) is 11.1 Å². The Labute approximate surface area is 112 Å². The maximum absolute atomic E-state index is 11.0. The van der Waals surface area contributed by atoms with Gasteiger partial charge in [-0.2, -0.15) is 0 Å². The molecule has 1 atom stereocenters. The van der Waals surface area contributed by atoms with Gasteiger partial charge in [0.2, 0.25) is 6.41 Å². The lowest BCUT2D eigenvalue weighted by molar-refractivity contribution is -0.112. The standard InChI is InChI=1S/C16H17NO2/c1-13(19)16(17-12-18,14-8-4-2-5-9-14)15-10-6-3-7-11-15/h2-13,19H,1H3,(H,17,18). The van der Waals surface area contributed by atoms with Crippen molar-refractivity contribution in [2.75, 3.05) is 0 Å². The third-order valence-corrected chi connectivity index (χ3v) is 3.37. The Morgan fingerprint density at radius 3 is 1.74 bits per heavy atom. The SMILES string of the molecule is CC(O)C(NC=O)(c1ccccc1)c1ccccc1. The number of nitrogens with one attached hydrogen (secondary N) is 1. The second-order valence-corrected chi connectivity index (χ2v) is 4.48. The van der Waals surface area contributed by atoms with Crippen molar-refractivity contribution in [3.05, 3.63) is 71.8 Å². The largest absolute Gasteiger partial charge is 0.390 e. The Morgan fingerprint density at radius 2 is 1.42 bits per heavy atom. The molecule has 0 aliphatic carbocycles. The van der Waals surface area contributed by atoms with Gasteiger partial charge in [0.25, 0.3) is 0 Å². The van der Waals surface area contributed by atoms with Gasteiger partial charge >= 0.3 is 0 Å². The van der Waals surface area contributed by atoms with Gasteiger partial charge < -0.3 is 10.4 Å². The first-order valence-corrected chi connectivity index (χ1v) is 6.22. The molecule has 1 amide bonds. The molecule has 0 aliphatic heterocycles. The maximum Gasteiger partial charge on any atom is 0.208 e. The first-order valence-electron chi connectivity index (χ1n) is 6.22. The van der Waals surface area contributed by atoms with Crippen LogP contribution in [-0.2, 0) is 10.3 Å². The molecule has 0 saturated heterocycles. The summed E-state index contributed by atoms with van der Waals surface area (Å²) in [5.74, 6) is 0. The summed E-state index contributed by atoms with van der Waals surface area (Å²) < 4.78 is 0. The fraction of sp³-hybridized carbons (Fsp3) is 0.188. The second kappa shape index (κ2) is 5.67. The highest BCUT2D eigenvalue weighted by molar-refractivity contribution is 5.54. The molecular formula is C16H17NO2. The molecule has 0 saturated carbocycles. The Balaban J connectivity index is 2.64. The van der Waals surface area contributed by atoms with Gasteiger partial charge in [-0.25, -0.2) is 0 Å². The predicted molar refractivity (Wildman–Crippen MR) is 74.5 cm³/mol. The lowest BCUT2D eigenvalue weighted by atomic mass is 9.79. The van der Waals surface area contributed by atoms with E-state index in [0.29, 0.717) is 6.41 Å². The maximum atomic E-state index is 11.0. The number of rotatable bonds is 5. The van der Waals surface area contributed by atoms with Crippen molar-refractivity contribution < 1.29 is 9.90 Å². The minimum absolute atomic E-state index is 0.632. The molecule has 3 nitrogen and oxygen atoms in total. The van der Waals surface area contributed by atoms with Crippen LogP contribution in [0.2, 0.25) is 0 Å². The predicted octanol–water partition coefficient (Wildman–Crippen LogP) is 2.06. The van der Waals surface area contributed by atoms with Crippen LogP contribution in [-0.4, -0.2) is 17.6 Å². The van der Waals surface area contributed by atoms with Crippen molar-refractivity contribution >= 4 is 6.41 Å². The Hall–Kier alpha value is -2.13. The summed E-state index contributed by atoms with van der Waals surface area (Å²) in [4.78, 5) is 11.0. The van der Waals surface area contributed by atoms with E-state index in [2.05, 4.69) is 5.32 Å². The van der Waals surface area contributed by atoms with Crippen molar-refractivity contribution in [1.29, 1.82) is 0 Å². The van der Waals surface area contributed by atoms with Crippen LogP contribution < -0.4 is 5.32 Å². The molecule has 2 N–H and O–H groups in total. The highest BCUT2D eigenvalue weighted by Gasteiger charge is 2.38. The van der Waals surface area contributed by atoms with E-state index in [9.17, 15) is 9.90 Å². The average molecular weight is 255 g/mol. The van der Waals surface area contributed by atoms with Crippen LogP contribution in [0.15, 0.2) is 60.7 Å². The summed E-state index contributed by atoms with van der Waals surface area (Å²) in [6.45, 7) is 1.68. The van der Waals surface area contributed by atoms with E-state index in [1.54, 1.807) is 6.92 Å². The third-order valence-electron chi connectivity index (χ3n) is 3.37. The summed E-state index contributed by atoms with van der Waals surface area (Å²) in [7, 11) is 0. The number of carbonyl (C=O) groups excluding carboxylic acids is 1. The van der Waals surface area contributed by atoms with Crippen LogP contribution in [0, 0.1) is 0 Å². The molecule has 0 aliphatic rings. The molecule has 0 heterocycles. The van der Waals surface area contributed by atoms with E-state index in [4.69, 9.17) is 0 Å². The average Bonchev–Trinajstić information content (AvgIpc) is 2.46. The molecule has 0 fully saturated rings. The number of amides is 1. The molecule has 1 unspecified atom stereocenters. The number of hydrogen-bond donors (Lipinski definition) is 2. The molecule has 0 bridgehead atoms. The van der Waals surface area contributed by atoms with Gasteiger partial charge in [-0.3, -0.25) is 4.79 Å². The molecule has 19 heavy (non-hydrogen) atoms. The van der Waals surface area contributed by atoms with Crippen molar-refractivity contribution in [2.45, 2.75) is 18.6 Å². The van der Waals surface area contributed by atoms with Crippen molar-refractivity contribution in [2.24, 2.45) is 0 Å². The van der Waals surface area contributed by atoms with Gasteiger partial charge in [0, 0.05) is 0 Å². The van der Waals surface area contributed by atoms with Gasteiger partial charge in [0.15, 0.2) is 0 Å². The zero-order chi connectivity index (χ0) is 13.7. The smallest absolute Gasteiger partial charge is 0.208 e. The molecule has 0 aromatic heterocycles. The number of aliphatic hydroxyl groups excluding tert-OH is 1. The van der Waals surface area contributed by atoms with Crippen LogP contribution in [0.3, 0.4) is 0 Å². The van der Waals surface area contributed by atoms with Crippen molar-refractivity contribution in [3.8, 4) is 0 Å². The molecule has 3 heteroatoms. The summed E-state index contributed by atoms with van der Waals surface area (Å²) in [5.41, 5.74) is 0.774. The minimum atomic E-state index is -0.926. The summed E-state index contributed by atoms with van der Waals surface area (Å²) >= 11 is 0. The van der Waals surface area contributed by atoms with Crippen LogP contribution in [0.4, 0.5) is 0 Å². The number of hydrogen-bond acceptors (Lipinski definition) is 2. The molecular weight excluding hydrogens is 238 g/mol. The van der Waals surface area contributed by atoms with Crippen molar-refractivity contribution in [3.63, 3.8) is 0 Å². The topological polar surface area (TPSA) is 49.3 Å². The van der Waals surface area contributed by atoms with E-state index < -0.39 is 11.6 Å². The molecule has 98 valence electrons. The summed E-state index contributed by atoms with van der Waals surface area (Å²) in [6, 6.07) is 19.0. The van der Waals surface area contributed by atoms with Crippen molar-refractivity contribution in [1.82, 2.24) is 5.32 Å². The normalized spacial score (nSPS) is 12.7. The van der Waals surface area contributed by atoms with E-state index >= 15 is 0 Å². The lowest BCUT2D eigenvalue weighted by Crippen LogP contribution is -2.51. The molecule has 0 spiro atoms. The minimum Gasteiger partial charge on any atom is -0.390 e. The van der Waals surface area contributed by atoms with E-state index in [1.807, 2.05) is 60.7 Å². The van der Waals surface area contributed by atoms with E-state index in [-0.39, 0.29) is 0 Å². The van der Waals surface area contributed by atoms with Gasteiger partial charge in [0.05, 0.1) is 6.10 Å². The highest BCUT2D eigenvalue weighted by Crippen LogP contribution is 2.32. The molecule has 2 aromatic carbocycles. The summed E-state index contributed by atoms with van der Waals surface area (Å²) in [5, 5.41) is 13.1. The number of benzene rings is 2. The molecule has 0 radical (unpaired) electrons. The number of carbonyl (C=O) groups is 1. The molecule has 2 rings (SSSR count). The Bertz CT molecular complexity index is 483. The number of aliphatic hydroxyl groups is 1. The fourth-order valence-electron chi connectivity index (χ4n) is 2.43. The van der Waals surface area contributed by atoms with Crippen LogP contribution in [0.5, 0.6) is 0 Å². The molecule has 2 aromatic rings. The fourth-order valence-corrected chi connectivity index (χ4v) is 2.43. The van der Waals surface area contributed by atoms with Gasteiger partial charge in [-0.05, 0) is 18.1 Å². The lowest BCUT2D eigenvalue weighted by Gasteiger charge is -2.37. The first-order chi connectivity index (χ1) is 9.21. The van der Waals surface area contributed by atoms with Gasteiger partial charge in [-0.15, -0.1) is 0 Å². The van der Waals surface area contributed by atoms with Gasteiger partial charge in [-0.1, -0.05) is 60.7 Å². The van der Waals surface area contributed by atoms with Crippen LogP contribution >= 0.6 is 0 Å². The van der Waals surface area contributed by atoms with Crippen LogP contribution in [0.25, 0.3) is 0 Å². The Morgan fingerprint density at radius 1 is 1.00 bits per heavy atom. The van der Waals surface area contributed by atoms with Gasteiger partial charge in [0.1, 0.15) is 5.54 Å². The first kappa shape index (κ1) is 13.3. The van der Waals surface area contributed by atoms with E-state index in [1.165, 1.54) is 0 Å². The highest BCUT2D eigenvalue weighted by atomic mass is 16.3. The zero-order valence-electron chi connectivity index (χ0n) is 10.8. The Kier molecular flexibility index (Phi) is 3.97. The summed E-state index contributed by atoms with van der Waals surface area (Å²) in [6.07, 6.45) is -0.130. The third kappa shape index (κ3) is 2.37. The zero-order valence-corrected chi connectivity index (χ0v) is 10.8. The second-order valence-electron chi connectivity index (χ2n) is 4.48.